The fraction of sp³-hybridized carbons (Fsp3) is 0.409. The molecule has 0 radical (unpaired) electrons. The van der Waals surface area contributed by atoms with Gasteiger partial charge in [0.2, 0.25) is 5.91 Å². The standard InChI is InChI=1S/C22H26Cl2N2O3S/c1-25(22(27)14-16-5-10-19(23)20(24)13-16)21(15-26-11-3-4-12-26)17-6-8-18(9-7-17)30(2,28)29/h5-10,13,21H,3-4,11-12,14-15H2,1-2H3. The topological polar surface area (TPSA) is 57.7 Å². The largest absolute Gasteiger partial charge is 0.337 e. The molecule has 2 aromatic rings. The van der Waals surface area contributed by atoms with E-state index in [1.165, 1.54) is 6.26 Å². The van der Waals surface area contributed by atoms with Crippen molar-refractivity contribution < 1.29 is 13.2 Å². The number of halogens is 2. The van der Waals surface area contributed by atoms with E-state index in [-0.39, 0.29) is 23.3 Å². The van der Waals surface area contributed by atoms with Crippen LogP contribution in [0.4, 0.5) is 0 Å². The Kier molecular flexibility index (Phi) is 7.45. The SMILES string of the molecule is CN(C(=O)Cc1ccc(Cl)c(Cl)c1)C(CN1CCCC1)c1ccc(S(C)(=O)=O)cc1. The van der Waals surface area contributed by atoms with Crippen molar-refractivity contribution in [1.29, 1.82) is 0 Å². The minimum Gasteiger partial charge on any atom is -0.337 e. The summed E-state index contributed by atoms with van der Waals surface area (Å²) in [7, 11) is -1.47. The van der Waals surface area contributed by atoms with Gasteiger partial charge in [0.15, 0.2) is 9.84 Å². The Labute approximate surface area is 188 Å². The molecule has 0 saturated carbocycles. The lowest BCUT2D eigenvalue weighted by atomic mass is 10.0. The third kappa shape index (κ3) is 5.76. The molecule has 0 aliphatic carbocycles. The minimum absolute atomic E-state index is 0.0372. The van der Waals surface area contributed by atoms with Crippen LogP contribution in [0.1, 0.15) is 30.0 Å². The summed E-state index contributed by atoms with van der Waals surface area (Å²) in [6, 6.07) is 11.9. The number of sulfone groups is 1. The number of nitrogens with zero attached hydrogens (tertiary/aromatic N) is 2. The number of hydrogen-bond acceptors (Lipinski definition) is 4. The Hall–Kier alpha value is -1.60. The summed E-state index contributed by atoms with van der Waals surface area (Å²) in [5, 5.41) is 0.883. The smallest absolute Gasteiger partial charge is 0.227 e. The van der Waals surface area contributed by atoms with Crippen LogP contribution in [0.25, 0.3) is 0 Å². The summed E-state index contributed by atoms with van der Waals surface area (Å²) in [5.74, 6) is -0.0372. The predicted octanol–water partition coefficient (Wildman–Crippen LogP) is 4.23. The highest BCUT2D eigenvalue weighted by molar-refractivity contribution is 7.90. The first-order chi connectivity index (χ1) is 14.1. The van der Waals surface area contributed by atoms with Crippen molar-refractivity contribution in [2.24, 2.45) is 0 Å². The van der Waals surface area contributed by atoms with Gasteiger partial charge >= 0.3 is 0 Å². The predicted molar refractivity (Wildman–Crippen MR) is 121 cm³/mol. The Morgan fingerprint density at radius 3 is 2.27 bits per heavy atom. The summed E-state index contributed by atoms with van der Waals surface area (Å²) >= 11 is 12.1. The number of hydrogen-bond donors (Lipinski definition) is 0. The van der Waals surface area contributed by atoms with E-state index < -0.39 is 9.84 Å². The number of likely N-dealkylation sites (tertiary alicyclic amines) is 1. The van der Waals surface area contributed by atoms with Crippen molar-refractivity contribution in [2.45, 2.75) is 30.2 Å². The van der Waals surface area contributed by atoms with Gasteiger partial charge in [-0.3, -0.25) is 4.79 Å². The second kappa shape index (κ2) is 9.69. The van der Waals surface area contributed by atoms with E-state index in [1.807, 2.05) is 0 Å². The minimum atomic E-state index is -3.27. The molecule has 1 saturated heterocycles. The van der Waals surface area contributed by atoms with Crippen LogP contribution in [0.5, 0.6) is 0 Å². The van der Waals surface area contributed by atoms with Gasteiger partial charge in [-0.1, -0.05) is 41.4 Å². The van der Waals surface area contributed by atoms with Crippen LogP contribution in [-0.4, -0.2) is 57.1 Å². The number of rotatable bonds is 7. The molecule has 1 atom stereocenters. The van der Waals surface area contributed by atoms with Gasteiger partial charge in [0.05, 0.1) is 27.4 Å². The van der Waals surface area contributed by atoms with Crippen LogP contribution in [0.15, 0.2) is 47.4 Å². The highest BCUT2D eigenvalue weighted by Gasteiger charge is 2.26. The molecule has 0 N–H and O–H groups in total. The first kappa shape index (κ1) is 23.1. The van der Waals surface area contributed by atoms with E-state index in [0.29, 0.717) is 16.6 Å². The maximum atomic E-state index is 13.1. The van der Waals surface area contributed by atoms with Gasteiger partial charge < -0.3 is 9.80 Å². The Bertz CT molecular complexity index is 1000. The molecule has 1 fully saturated rings. The summed E-state index contributed by atoms with van der Waals surface area (Å²) in [6.45, 7) is 2.72. The van der Waals surface area contributed by atoms with E-state index in [1.54, 1.807) is 54.4 Å². The van der Waals surface area contributed by atoms with E-state index in [2.05, 4.69) is 4.90 Å². The number of benzene rings is 2. The molecule has 5 nitrogen and oxygen atoms in total. The first-order valence-electron chi connectivity index (χ1n) is 9.87. The molecule has 3 rings (SSSR count). The van der Waals surface area contributed by atoms with Crippen LogP contribution in [0.2, 0.25) is 10.0 Å². The van der Waals surface area contributed by atoms with Gasteiger partial charge in [-0.15, -0.1) is 0 Å². The number of carbonyl (C=O) groups excluding carboxylic acids is 1. The number of likely N-dealkylation sites (N-methyl/N-ethyl adjacent to an activating group) is 1. The van der Waals surface area contributed by atoms with Gasteiger partial charge in [-0.05, 0) is 61.3 Å². The van der Waals surface area contributed by atoms with Crippen molar-refractivity contribution in [3.63, 3.8) is 0 Å². The van der Waals surface area contributed by atoms with Crippen molar-refractivity contribution in [3.05, 3.63) is 63.6 Å². The molecule has 1 aliphatic heterocycles. The normalized spacial score (nSPS) is 15.9. The van der Waals surface area contributed by atoms with E-state index in [4.69, 9.17) is 23.2 Å². The maximum Gasteiger partial charge on any atom is 0.227 e. The van der Waals surface area contributed by atoms with Gasteiger partial charge in [0, 0.05) is 19.8 Å². The van der Waals surface area contributed by atoms with Gasteiger partial charge in [0.1, 0.15) is 0 Å². The maximum absolute atomic E-state index is 13.1. The molecule has 30 heavy (non-hydrogen) atoms. The molecule has 0 aromatic heterocycles. The molecule has 8 heteroatoms. The first-order valence-corrected chi connectivity index (χ1v) is 12.5. The van der Waals surface area contributed by atoms with Crippen LogP contribution in [0.3, 0.4) is 0 Å². The van der Waals surface area contributed by atoms with Gasteiger partial charge in [0.25, 0.3) is 0 Å². The van der Waals surface area contributed by atoms with E-state index >= 15 is 0 Å². The third-order valence-electron chi connectivity index (χ3n) is 5.52. The highest BCUT2D eigenvalue weighted by Crippen LogP contribution is 2.26. The zero-order valence-corrected chi connectivity index (χ0v) is 19.5. The van der Waals surface area contributed by atoms with Crippen LogP contribution < -0.4 is 0 Å². The highest BCUT2D eigenvalue weighted by atomic mass is 35.5. The molecule has 1 heterocycles. The lowest BCUT2D eigenvalue weighted by Gasteiger charge is -2.32. The van der Waals surface area contributed by atoms with Crippen LogP contribution >= 0.6 is 23.2 Å². The fourth-order valence-corrected chi connectivity index (χ4v) is 4.67. The van der Waals surface area contributed by atoms with Crippen molar-refractivity contribution in [1.82, 2.24) is 9.80 Å². The Morgan fingerprint density at radius 2 is 1.70 bits per heavy atom. The van der Waals surface area contributed by atoms with Crippen molar-refractivity contribution in [2.75, 3.05) is 32.9 Å². The third-order valence-corrected chi connectivity index (χ3v) is 7.39. The summed E-state index contributed by atoms with van der Waals surface area (Å²) in [6.07, 6.45) is 3.71. The molecular formula is C22H26Cl2N2O3S. The molecule has 162 valence electrons. The number of amides is 1. The van der Waals surface area contributed by atoms with Crippen LogP contribution in [-0.2, 0) is 21.1 Å². The monoisotopic (exact) mass is 468 g/mol. The Balaban J connectivity index is 1.82. The lowest BCUT2D eigenvalue weighted by molar-refractivity contribution is -0.131. The molecular weight excluding hydrogens is 443 g/mol. The molecule has 0 bridgehead atoms. The van der Waals surface area contributed by atoms with Crippen molar-refractivity contribution >= 4 is 38.9 Å². The Morgan fingerprint density at radius 1 is 1.07 bits per heavy atom. The van der Waals surface area contributed by atoms with E-state index in [9.17, 15) is 13.2 Å². The van der Waals surface area contributed by atoms with Crippen LogP contribution in [0, 0.1) is 0 Å². The van der Waals surface area contributed by atoms with Gasteiger partial charge in [-0.25, -0.2) is 8.42 Å². The molecule has 1 amide bonds. The second-order valence-corrected chi connectivity index (χ2v) is 10.6. The van der Waals surface area contributed by atoms with E-state index in [0.717, 1.165) is 37.1 Å². The average molecular weight is 469 g/mol. The summed E-state index contributed by atoms with van der Waals surface area (Å²) in [4.78, 5) is 17.4. The van der Waals surface area contributed by atoms with Gasteiger partial charge in [-0.2, -0.15) is 0 Å². The summed E-state index contributed by atoms with van der Waals surface area (Å²) in [5.41, 5.74) is 1.72. The summed E-state index contributed by atoms with van der Waals surface area (Å²) < 4.78 is 23.6. The zero-order valence-electron chi connectivity index (χ0n) is 17.1. The molecule has 0 spiro atoms. The molecule has 2 aromatic carbocycles. The fourth-order valence-electron chi connectivity index (χ4n) is 3.72. The second-order valence-electron chi connectivity index (χ2n) is 7.79. The average Bonchev–Trinajstić information content (AvgIpc) is 3.21. The zero-order chi connectivity index (χ0) is 21.9. The molecule has 1 unspecified atom stereocenters. The van der Waals surface area contributed by atoms with Crippen molar-refractivity contribution in [3.8, 4) is 0 Å². The molecule has 1 aliphatic rings. The quantitative estimate of drug-likeness (QED) is 0.609. The lowest BCUT2D eigenvalue weighted by Crippen LogP contribution is -2.39. The number of carbonyl (C=O) groups is 1.